The third-order valence-corrected chi connectivity index (χ3v) is 4.68. The van der Waals surface area contributed by atoms with Crippen molar-refractivity contribution in [3.8, 4) is 0 Å². The van der Waals surface area contributed by atoms with E-state index in [1.165, 1.54) is 5.56 Å². The van der Waals surface area contributed by atoms with Crippen molar-refractivity contribution in [1.82, 2.24) is 0 Å². The van der Waals surface area contributed by atoms with Gasteiger partial charge in [0.2, 0.25) is 5.91 Å². The molecule has 0 radical (unpaired) electrons. The zero-order chi connectivity index (χ0) is 15.7. The van der Waals surface area contributed by atoms with Crippen LogP contribution in [-0.2, 0) is 10.2 Å². The van der Waals surface area contributed by atoms with Crippen LogP contribution in [0.15, 0.2) is 48.5 Å². The van der Waals surface area contributed by atoms with Crippen molar-refractivity contribution in [2.75, 3.05) is 5.32 Å². The first-order chi connectivity index (χ1) is 10.5. The summed E-state index contributed by atoms with van der Waals surface area (Å²) >= 11 is 0. The van der Waals surface area contributed by atoms with Crippen molar-refractivity contribution < 1.29 is 4.79 Å². The average Bonchev–Trinajstić information content (AvgIpc) is 3.31. The van der Waals surface area contributed by atoms with Gasteiger partial charge in [0.05, 0.1) is 5.41 Å². The van der Waals surface area contributed by atoms with Crippen molar-refractivity contribution in [1.29, 1.82) is 0 Å². The molecule has 1 saturated carbocycles. The quantitative estimate of drug-likeness (QED) is 0.863. The average molecular weight is 293 g/mol. The van der Waals surface area contributed by atoms with Gasteiger partial charge < -0.3 is 5.32 Å². The summed E-state index contributed by atoms with van der Waals surface area (Å²) in [4.78, 5) is 12.9. The third-order valence-electron chi connectivity index (χ3n) is 4.68. The van der Waals surface area contributed by atoms with Crippen LogP contribution in [0.5, 0.6) is 0 Å². The van der Waals surface area contributed by atoms with E-state index < -0.39 is 0 Å². The predicted molar refractivity (Wildman–Crippen MR) is 91.3 cm³/mol. The maximum absolute atomic E-state index is 12.9. The number of para-hydroxylation sites is 1. The molecule has 1 amide bonds. The number of carbonyl (C=O) groups is 1. The number of hydrogen-bond donors (Lipinski definition) is 1. The Labute approximate surface area is 132 Å². The van der Waals surface area contributed by atoms with Crippen molar-refractivity contribution in [2.45, 2.75) is 44.9 Å². The van der Waals surface area contributed by atoms with E-state index in [2.05, 4.69) is 56.4 Å². The second-order valence-electron chi connectivity index (χ2n) is 6.60. The number of anilines is 1. The van der Waals surface area contributed by atoms with Gasteiger partial charge in [0.25, 0.3) is 0 Å². The summed E-state index contributed by atoms with van der Waals surface area (Å²) < 4.78 is 0. The summed E-state index contributed by atoms with van der Waals surface area (Å²) in [7, 11) is 0. The molecule has 1 fully saturated rings. The second-order valence-corrected chi connectivity index (χ2v) is 6.60. The third kappa shape index (κ3) is 2.54. The highest BCUT2D eigenvalue weighted by atomic mass is 16.2. The molecule has 0 atom stereocenters. The molecule has 2 nitrogen and oxygen atoms in total. The first-order valence-electron chi connectivity index (χ1n) is 8.01. The van der Waals surface area contributed by atoms with Crippen LogP contribution in [0, 0.1) is 6.92 Å². The van der Waals surface area contributed by atoms with Crippen LogP contribution >= 0.6 is 0 Å². The van der Waals surface area contributed by atoms with Crippen LogP contribution in [0.2, 0.25) is 0 Å². The first kappa shape index (κ1) is 14.8. The molecule has 22 heavy (non-hydrogen) atoms. The van der Waals surface area contributed by atoms with Gasteiger partial charge in [0, 0.05) is 5.69 Å². The molecule has 0 aromatic heterocycles. The van der Waals surface area contributed by atoms with E-state index in [1.807, 2.05) is 18.2 Å². The number of aryl methyl sites for hydroxylation is 1. The van der Waals surface area contributed by atoms with Gasteiger partial charge in [0.15, 0.2) is 0 Å². The molecule has 1 N–H and O–H groups in total. The fraction of sp³-hybridized carbons (Fsp3) is 0.350. The number of amides is 1. The monoisotopic (exact) mass is 293 g/mol. The van der Waals surface area contributed by atoms with Crippen LogP contribution in [0.1, 0.15) is 49.3 Å². The largest absolute Gasteiger partial charge is 0.325 e. The van der Waals surface area contributed by atoms with Gasteiger partial charge in [-0.25, -0.2) is 0 Å². The number of nitrogens with one attached hydrogen (secondary N) is 1. The molecule has 0 heterocycles. The number of benzene rings is 2. The van der Waals surface area contributed by atoms with E-state index in [0.717, 1.165) is 29.7 Å². The van der Waals surface area contributed by atoms with E-state index in [-0.39, 0.29) is 11.3 Å². The maximum atomic E-state index is 12.9. The lowest BCUT2D eigenvalue weighted by atomic mass is 9.93. The molecular weight excluding hydrogens is 270 g/mol. The zero-order valence-electron chi connectivity index (χ0n) is 13.5. The van der Waals surface area contributed by atoms with E-state index in [0.29, 0.717) is 5.92 Å². The molecular formula is C20H23NO. The van der Waals surface area contributed by atoms with E-state index in [1.54, 1.807) is 0 Å². The normalized spacial score (nSPS) is 15.6. The molecule has 0 saturated heterocycles. The fourth-order valence-electron chi connectivity index (χ4n) is 3.10. The highest BCUT2D eigenvalue weighted by Crippen LogP contribution is 2.49. The lowest BCUT2D eigenvalue weighted by Crippen LogP contribution is -2.28. The molecule has 3 rings (SSSR count). The van der Waals surface area contributed by atoms with Crippen LogP contribution in [0.3, 0.4) is 0 Å². The Morgan fingerprint density at radius 1 is 1.05 bits per heavy atom. The molecule has 0 spiro atoms. The predicted octanol–water partition coefficient (Wildman–Crippen LogP) is 4.79. The van der Waals surface area contributed by atoms with Gasteiger partial charge in [-0.2, -0.15) is 0 Å². The Morgan fingerprint density at radius 2 is 1.73 bits per heavy atom. The molecule has 1 aliphatic carbocycles. The highest BCUT2D eigenvalue weighted by molar-refractivity contribution is 6.02. The Hall–Kier alpha value is -2.09. The summed E-state index contributed by atoms with van der Waals surface area (Å²) in [5.41, 5.74) is 4.13. The Bertz CT molecular complexity index is 684. The Kier molecular flexibility index (Phi) is 3.78. The van der Waals surface area contributed by atoms with E-state index in [9.17, 15) is 4.79 Å². The van der Waals surface area contributed by atoms with Gasteiger partial charge in [-0.15, -0.1) is 0 Å². The SMILES string of the molecule is Cc1cccc(C(C)C)c1NC(=O)C1(c2ccccc2)CC1. The lowest BCUT2D eigenvalue weighted by molar-refractivity contribution is -0.118. The molecule has 2 heteroatoms. The molecule has 2 aromatic rings. The fourth-order valence-corrected chi connectivity index (χ4v) is 3.10. The number of carbonyl (C=O) groups excluding carboxylic acids is 1. The topological polar surface area (TPSA) is 29.1 Å². The minimum Gasteiger partial charge on any atom is -0.325 e. The maximum Gasteiger partial charge on any atom is 0.235 e. The summed E-state index contributed by atoms with van der Waals surface area (Å²) in [5.74, 6) is 0.525. The van der Waals surface area contributed by atoms with Crippen molar-refractivity contribution >= 4 is 11.6 Å². The summed E-state index contributed by atoms with van der Waals surface area (Å²) in [5, 5.41) is 3.22. The van der Waals surface area contributed by atoms with Crippen LogP contribution in [0.4, 0.5) is 5.69 Å². The molecule has 0 unspecified atom stereocenters. The number of hydrogen-bond acceptors (Lipinski definition) is 1. The van der Waals surface area contributed by atoms with Crippen molar-refractivity contribution in [3.05, 3.63) is 65.2 Å². The molecule has 1 aliphatic rings. The van der Waals surface area contributed by atoms with Gasteiger partial charge in [-0.05, 0) is 42.4 Å². The molecule has 114 valence electrons. The highest BCUT2D eigenvalue weighted by Gasteiger charge is 2.51. The summed E-state index contributed by atoms with van der Waals surface area (Å²) in [6.07, 6.45) is 1.87. The Balaban J connectivity index is 1.90. The van der Waals surface area contributed by atoms with Crippen LogP contribution in [-0.4, -0.2) is 5.91 Å². The summed E-state index contributed by atoms with van der Waals surface area (Å²) in [6.45, 7) is 6.38. The molecule has 0 bridgehead atoms. The van der Waals surface area contributed by atoms with E-state index in [4.69, 9.17) is 0 Å². The number of rotatable bonds is 4. The van der Waals surface area contributed by atoms with Gasteiger partial charge >= 0.3 is 0 Å². The van der Waals surface area contributed by atoms with Crippen molar-refractivity contribution in [2.24, 2.45) is 0 Å². The Morgan fingerprint density at radius 3 is 2.32 bits per heavy atom. The second kappa shape index (κ2) is 5.60. The van der Waals surface area contributed by atoms with Gasteiger partial charge in [0.1, 0.15) is 0 Å². The van der Waals surface area contributed by atoms with Crippen LogP contribution < -0.4 is 5.32 Å². The van der Waals surface area contributed by atoms with E-state index >= 15 is 0 Å². The minimum atomic E-state index is -0.322. The minimum absolute atomic E-state index is 0.134. The van der Waals surface area contributed by atoms with Crippen molar-refractivity contribution in [3.63, 3.8) is 0 Å². The molecule has 2 aromatic carbocycles. The van der Waals surface area contributed by atoms with Gasteiger partial charge in [-0.3, -0.25) is 4.79 Å². The first-order valence-corrected chi connectivity index (χ1v) is 8.01. The smallest absolute Gasteiger partial charge is 0.235 e. The zero-order valence-corrected chi connectivity index (χ0v) is 13.5. The molecule has 0 aliphatic heterocycles. The van der Waals surface area contributed by atoms with Crippen LogP contribution in [0.25, 0.3) is 0 Å². The lowest BCUT2D eigenvalue weighted by Gasteiger charge is -2.20. The van der Waals surface area contributed by atoms with Gasteiger partial charge in [-0.1, -0.05) is 62.4 Å². The summed E-state index contributed by atoms with van der Waals surface area (Å²) in [6, 6.07) is 16.4. The standard InChI is InChI=1S/C20H23NO/c1-14(2)17-11-7-8-15(3)18(17)21-19(22)20(12-13-20)16-9-5-4-6-10-16/h4-11,14H,12-13H2,1-3H3,(H,21,22).